The van der Waals surface area contributed by atoms with Gasteiger partial charge in [0.15, 0.2) is 17.7 Å². The monoisotopic (exact) mass is 819 g/mol. The molecular formula is C46H65N3O10. The lowest BCUT2D eigenvalue weighted by Gasteiger charge is -2.47. The van der Waals surface area contributed by atoms with Crippen molar-refractivity contribution >= 4 is 40.4 Å². The van der Waals surface area contributed by atoms with Crippen LogP contribution < -0.4 is 0 Å². The molecule has 13 heteroatoms. The molecule has 0 aliphatic carbocycles. The summed E-state index contributed by atoms with van der Waals surface area (Å²) >= 11 is 0. The summed E-state index contributed by atoms with van der Waals surface area (Å²) in [5.41, 5.74) is -0.602. The molecule has 13 atom stereocenters. The van der Waals surface area contributed by atoms with Gasteiger partial charge in [0.2, 0.25) is 0 Å². The zero-order valence-corrected chi connectivity index (χ0v) is 36.4. The van der Waals surface area contributed by atoms with Gasteiger partial charge in [-0.05, 0) is 102 Å². The highest BCUT2D eigenvalue weighted by atomic mass is 16.7. The van der Waals surface area contributed by atoms with E-state index in [1.807, 2.05) is 83.1 Å². The molecule has 0 saturated carbocycles. The van der Waals surface area contributed by atoms with E-state index in [-0.39, 0.29) is 36.3 Å². The Morgan fingerprint density at radius 1 is 1.02 bits per heavy atom. The number of cyclic esters (lactones) is 1. The summed E-state index contributed by atoms with van der Waals surface area (Å²) in [7, 11) is 3.81. The quantitative estimate of drug-likeness (QED) is 0.213. The maximum Gasteiger partial charge on any atom is 0.410 e. The number of phenolic OH excluding ortho intramolecular Hbond substituents is 1. The summed E-state index contributed by atoms with van der Waals surface area (Å²) in [5, 5.41) is 23.5. The van der Waals surface area contributed by atoms with E-state index in [4.69, 9.17) is 28.7 Å². The lowest BCUT2D eigenvalue weighted by atomic mass is 9.73. The van der Waals surface area contributed by atoms with E-state index in [1.165, 1.54) is 0 Å². The van der Waals surface area contributed by atoms with E-state index in [0.717, 1.165) is 22.0 Å². The molecule has 2 bridgehead atoms. The number of carbonyl (C=O) groups is 3. The van der Waals surface area contributed by atoms with E-state index >= 15 is 0 Å². The number of phenols is 1. The maximum atomic E-state index is 14.7. The fourth-order valence-corrected chi connectivity index (χ4v) is 10.1. The van der Waals surface area contributed by atoms with Gasteiger partial charge in [-0.3, -0.25) is 19.5 Å². The summed E-state index contributed by atoms with van der Waals surface area (Å²) in [6, 6.07) is 10.4. The number of hydrogen-bond donors (Lipinski definition) is 2. The predicted molar refractivity (Wildman–Crippen MR) is 225 cm³/mol. The minimum atomic E-state index is -1.21. The average Bonchev–Trinajstić information content (AvgIpc) is 3.31. The first kappa shape index (κ1) is 44.7. The zero-order chi connectivity index (χ0) is 43.0. The van der Waals surface area contributed by atoms with Crippen LogP contribution in [0.3, 0.4) is 0 Å². The van der Waals surface area contributed by atoms with Gasteiger partial charge < -0.3 is 38.8 Å². The molecule has 324 valence electrons. The minimum absolute atomic E-state index is 0.136. The van der Waals surface area contributed by atoms with Crippen LogP contribution in [0.5, 0.6) is 5.75 Å². The first-order valence-electron chi connectivity index (χ1n) is 21.3. The molecule has 1 amide bonds. The number of Topliss-reactive ketones (excluding diaryl/α,β-unsaturated/α-hetero) is 1. The molecule has 13 nitrogen and oxygen atoms in total. The first-order chi connectivity index (χ1) is 27.9. The Morgan fingerprint density at radius 3 is 2.44 bits per heavy atom. The standard InChI is InChI=1S/C46H65N3O10/c1-11-13-36-46(8)40-28(4)37(47-19-20-49(40)44(54)59-46)26(2)25-45(7,55-21-12-14-31-15-16-33-24-34(50)18-17-32(33)23-31)41(29(5)38(51)30(6)42(53)57-36)58-43-39(52)35(48(9)10)22-27(3)56-43/h12,14-18,23-24,26-30,35-36,39-41,43,50,52H,11,13,19-22,25H2,1-10H3/b14-12+/t26-,27+,28+,29+,30-,35-,36-,39?,40-,41-,43-,45+,46-/m1/s1. The van der Waals surface area contributed by atoms with Crippen LogP contribution in [0, 0.1) is 23.7 Å². The van der Waals surface area contributed by atoms with Gasteiger partial charge in [0, 0.05) is 30.1 Å². The molecule has 0 radical (unpaired) electrons. The van der Waals surface area contributed by atoms with Gasteiger partial charge in [-0.2, -0.15) is 0 Å². The zero-order valence-electron chi connectivity index (χ0n) is 36.4. The Balaban J connectivity index is 1.42. The lowest BCUT2D eigenvalue weighted by molar-refractivity contribution is -0.296. The molecule has 4 aliphatic heterocycles. The second-order valence-corrected chi connectivity index (χ2v) is 18.0. The van der Waals surface area contributed by atoms with Crippen LogP contribution in [0.1, 0.15) is 86.6 Å². The first-order valence-corrected chi connectivity index (χ1v) is 21.3. The highest BCUT2D eigenvalue weighted by Gasteiger charge is 2.60. The van der Waals surface area contributed by atoms with Crippen LogP contribution >= 0.6 is 0 Å². The van der Waals surface area contributed by atoms with E-state index < -0.39 is 71.5 Å². The number of amides is 1. The highest BCUT2D eigenvalue weighted by molar-refractivity contribution is 6.00. The number of aromatic hydroxyl groups is 1. The average molecular weight is 820 g/mol. The number of rotatable bonds is 9. The van der Waals surface area contributed by atoms with Crippen LogP contribution in [-0.2, 0) is 33.3 Å². The molecular weight excluding hydrogens is 755 g/mol. The van der Waals surface area contributed by atoms with Crippen molar-refractivity contribution in [2.45, 2.75) is 135 Å². The van der Waals surface area contributed by atoms with Crippen molar-refractivity contribution in [3.8, 4) is 5.75 Å². The molecule has 2 aromatic carbocycles. The summed E-state index contributed by atoms with van der Waals surface area (Å²) in [6.45, 7) is 16.0. The lowest BCUT2D eigenvalue weighted by Crippen LogP contribution is -2.60. The second kappa shape index (κ2) is 18.0. The van der Waals surface area contributed by atoms with Crippen molar-refractivity contribution in [3.63, 3.8) is 0 Å². The third-order valence-electron chi connectivity index (χ3n) is 13.2. The number of hydrogen-bond acceptors (Lipinski definition) is 12. The number of fused-ring (bicyclic) bond motifs is 2. The van der Waals surface area contributed by atoms with E-state index in [2.05, 4.69) is 13.8 Å². The Hall–Kier alpha value is -3.88. The van der Waals surface area contributed by atoms with Crippen LogP contribution in [0.15, 0.2) is 47.5 Å². The molecule has 2 N–H and O–H groups in total. The van der Waals surface area contributed by atoms with Gasteiger partial charge in [-0.15, -0.1) is 0 Å². The fraction of sp³-hybridized carbons (Fsp3) is 0.652. The molecule has 0 spiro atoms. The highest BCUT2D eigenvalue weighted by Crippen LogP contribution is 2.44. The van der Waals surface area contributed by atoms with Gasteiger partial charge in [-0.25, -0.2) is 4.79 Å². The van der Waals surface area contributed by atoms with Crippen molar-refractivity contribution in [3.05, 3.63) is 48.0 Å². The van der Waals surface area contributed by atoms with Crippen molar-refractivity contribution in [2.75, 3.05) is 33.8 Å². The summed E-state index contributed by atoms with van der Waals surface area (Å²) in [5.74, 6) is -3.55. The van der Waals surface area contributed by atoms with Gasteiger partial charge in [0.05, 0.1) is 37.0 Å². The smallest absolute Gasteiger partial charge is 0.410 e. The van der Waals surface area contributed by atoms with Crippen LogP contribution in [0.4, 0.5) is 4.79 Å². The van der Waals surface area contributed by atoms with E-state index in [0.29, 0.717) is 38.8 Å². The largest absolute Gasteiger partial charge is 0.508 e. The molecule has 4 aliphatic rings. The number of aliphatic hydroxyl groups excluding tert-OH is 1. The molecule has 1 unspecified atom stereocenters. The maximum absolute atomic E-state index is 14.7. The SMILES string of the molecule is CCC[C@H]1OC(=O)[C@H](C)C(=O)[C@H](C)[C@@H](O[C@H]2O[C@@H](C)C[C@@H](N(C)C)C2O)[C@@](C)(OC/C=C/c2ccc3cc(O)ccc3c2)C[C@@H](C)C2=NCCN3C(=O)O[C@@]1(C)[C@H]3[C@H]2C. The van der Waals surface area contributed by atoms with Crippen molar-refractivity contribution in [1.82, 2.24) is 9.80 Å². The van der Waals surface area contributed by atoms with Crippen molar-refractivity contribution in [2.24, 2.45) is 28.7 Å². The summed E-state index contributed by atoms with van der Waals surface area (Å²) in [6.07, 6.45) is 1.21. The van der Waals surface area contributed by atoms with Crippen molar-refractivity contribution in [1.29, 1.82) is 0 Å². The molecule has 59 heavy (non-hydrogen) atoms. The molecule has 3 fully saturated rings. The minimum Gasteiger partial charge on any atom is -0.508 e. The number of esters is 1. The molecule has 4 heterocycles. The Labute approximate surface area is 349 Å². The Kier molecular flexibility index (Phi) is 13.6. The number of benzene rings is 2. The van der Waals surface area contributed by atoms with E-state index in [9.17, 15) is 24.6 Å². The number of aliphatic hydroxyl groups is 1. The van der Waals surface area contributed by atoms with Gasteiger partial charge >= 0.3 is 12.1 Å². The van der Waals surface area contributed by atoms with Crippen LogP contribution in [-0.4, -0.2) is 131 Å². The third kappa shape index (κ3) is 9.10. The van der Waals surface area contributed by atoms with Crippen molar-refractivity contribution < 1.29 is 48.3 Å². The van der Waals surface area contributed by atoms with Gasteiger partial charge in [0.1, 0.15) is 23.9 Å². The summed E-state index contributed by atoms with van der Waals surface area (Å²) in [4.78, 5) is 51.1. The number of ether oxygens (including phenoxy) is 5. The number of ketones is 1. The predicted octanol–water partition coefficient (Wildman–Crippen LogP) is 6.41. The normalized spacial score (nSPS) is 37.3. The molecule has 0 aromatic heterocycles. The van der Waals surface area contributed by atoms with Gasteiger partial charge in [-0.1, -0.05) is 64.5 Å². The Morgan fingerprint density at radius 2 is 1.73 bits per heavy atom. The van der Waals surface area contributed by atoms with E-state index in [1.54, 1.807) is 30.9 Å². The third-order valence-corrected chi connectivity index (χ3v) is 13.2. The van der Waals surface area contributed by atoms with Crippen LogP contribution in [0.25, 0.3) is 16.8 Å². The van der Waals surface area contributed by atoms with Crippen LogP contribution in [0.2, 0.25) is 0 Å². The van der Waals surface area contributed by atoms with Gasteiger partial charge in [0.25, 0.3) is 0 Å². The number of carbonyl (C=O) groups excluding carboxylic acids is 3. The number of likely N-dealkylation sites (N-methyl/N-ethyl adjacent to an activating group) is 1. The Bertz CT molecular complexity index is 1920. The summed E-state index contributed by atoms with van der Waals surface area (Å²) < 4.78 is 32.6. The molecule has 6 rings (SSSR count). The molecule has 2 aromatic rings. The second-order valence-electron chi connectivity index (χ2n) is 18.0. The topological polar surface area (TPSA) is 157 Å². The molecule has 3 saturated heterocycles. The fourth-order valence-electron chi connectivity index (χ4n) is 10.1. The number of nitrogens with zero attached hydrogens (tertiary/aromatic N) is 3. The number of aliphatic imine (C=N–C) groups is 1.